The van der Waals surface area contributed by atoms with Crippen molar-refractivity contribution in [3.05, 3.63) is 77.7 Å². The zero-order valence-corrected chi connectivity index (χ0v) is 18.5. The zero-order valence-electron chi connectivity index (χ0n) is 18.5. The third-order valence-corrected chi connectivity index (χ3v) is 5.06. The number of benzene rings is 2. The number of aromatic nitrogens is 3. The van der Waals surface area contributed by atoms with Gasteiger partial charge in [0.2, 0.25) is 0 Å². The van der Waals surface area contributed by atoms with Gasteiger partial charge in [0.05, 0.1) is 28.9 Å². The molecule has 4 rings (SSSR count). The second kappa shape index (κ2) is 9.14. The van der Waals surface area contributed by atoms with Crippen LogP contribution in [0.5, 0.6) is 0 Å². The second-order valence-corrected chi connectivity index (χ2v) is 8.06. The van der Waals surface area contributed by atoms with Crippen LogP contribution in [0.25, 0.3) is 22.2 Å². The van der Waals surface area contributed by atoms with Gasteiger partial charge in [-0.15, -0.1) is 0 Å². The molecular formula is C24H19F6N5. The van der Waals surface area contributed by atoms with Gasteiger partial charge in [0.25, 0.3) is 0 Å². The molecule has 2 heterocycles. The van der Waals surface area contributed by atoms with Gasteiger partial charge < -0.3 is 10.2 Å². The lowest BCUT2D eigenvalue weighted by Crippen LogP contribution is -2.14. The molecule has 0 saturated carbocycles. The molecule has 182 valence electrons. The summed E-state index contributed by atoms with van der Waals surface area (Å²) in [6, 6.07) is 11.2. The molecule has 2 aromatic carbocycles. The molecule has 0 saturated heterocycles. The van der Waals surface area contributed by atoms with E-state index in [2.05, 4.69) is 20.3 Å². The highest BCUT2D eigenvalue weighted by Crippen LogP contribution is 2.37. The Morgan fingerprint density at radius 2 is 1.57 bits per heavy atom. The summed E-state index contributed by atoms with van der Waals surface area (Å²) in [4.78, 5) is 14.7. The number of halogens is 6. The Morgan fingerprint density at radius 1 is 0.857 bits per heavy atom. The van der Waals surface area contributed by atoms with Crippen LogP contribution < -0.4 is 5.32 Å². The molecule has 0 aliphatic heterocycles. The number of fused-ring (bicyclic) bond motifs is 1. The Bertz CT molecular complexity index is 1350. The van der Waals surface area contributed by atoms with Crippen molar-refractivity contribution in [3.8, 4) is 11.3 Å². The standard InChI is InChI=1S/C24H19F6N5/c1-35(2)13-20-33-19-12-14(21-18(24(28,29)30)4-3-11-31-21)5-10-17(19)22(34-20)32-16-8-6-15(7-9-16)23(25,26)27/h3-12H,13H2,1-2H3,(H,32,33,34). The average Bonchev–Trinajstić information content (AvgIpc) is 2.77. The smallest absolute Gasteiger partial charge is 0.340 e. The lowest BCUT2D eigenvalue weighted by atomic mass is 10.0. The van der Waals surface area contributed by atoms with Crippen molar-refractivity contribution in [3.63, 3.8) is 0 Å². The van der Waals surface area contributed by atoms with Crippen molar-refractivity contribution < 1.29 is 26.3 Å². The predicted octanol–water partition coefficient (Wildman–Crippen LogP) is 6.53. The van der Waals surface area contributed by atoms with Crippen LogP contribution in [0.3, 0.4) is 0 Å². The highest BCUT2D eigenvalue weighted by molar-refractivity contribution is 5.93. The third-order valence-electron chi connectivity index (χ3n) is 5.06. The maximum absolute atomic E-state index is 13.5. The molecule has 5 nitrogen and oxygen atoms in total. The molecule has 35 heavy (non-hydrogen) atoms. The molecule has 0 aliphatic carbocycles. The number of nitrogens with one attached hydrogen (secondary N) is 1. The topological polar surface area (TPSA) is 53.9 Å². The number of hydrogen-bond donors (Lipinski definition) is 1. The summed E-state index contributed by atoms with van der Waals surface area (Å²) in [5.41, 5.74) is -0.939. The minimum atomic E-state index is -4.59. The average molecular weight is 491 g/mol. The number of pyridine rings is 1. The van der Waals surface area contributed by atoms with Gasteiger partial charge in [0.1, 0.15) is 11.6 Å². The Hall–Kier alpha value is -3.73. The van der Waals surface area contributed by atoms with E-state index in [1.54, 1.807) is 20.2 Å². The molecule has 0 atom stereocenters. The Morgan fingerprint density at radius 3 is 2.20 bits per heavy atom. The van der Waals surface area contributed by atoms with Gasteiger partial charge in [-0.1, -0.05) is 6.07 Å². The quantitative estimate of drug-likeness (QED) is 0.322. The summed E-state index contributed by atoms with van der Waals surface area (Å²) in [7, 11) is 3.60. The third kappa shape index (κ3) is 5.51. The molecule has 0 unspecified atom stereocenters. The van der Waals surface area contributed by atoms with Crippen LogP contribution in [-0.4, -0.2) is 33.9 Å². The molecule has 2 aromatic heterocycles. The summed E-state index contributed by atoms with van der Waals surface area (Å²) in [5, 5.41) is 3.49. The van der Waals surface area contributed by atoms with Crippen LogP contribution in [0.4, 0.5) is 37.8 Å². The maximum atomic E-state index is 13.5. The van der Waals surface area contributed by atoms with E-state index in [4.69, 9.17) is 0 Å². The Kier molecular flexibility index (Phi) is 6.37. The molecule has 4 aromatic rings. The van der Waals surface area contributed by atoms with E-state index < -0.39 is 23.5 Å². The highest BCUT2D eigenvalue weighted by Gasteiger charge is 2.34. The van der Waals surface area contributed by atoms with Crippen molar-refractivity contribution in [1.29, 1.82) is 0 Å². The van der Waals surface area contributed by atoms with Gasteiger partial charge in [0.15, 0.2) is 0 Å². The zero-order chi connectivity index (χ0) is 25.4. The first-order chi connectivity index (χ1) is 16.4. The highest BCUT2D eigenvalue weighted by atomic mass is 19.4. The molecule has 0 amide bonds. The number of rotatable bonds is 5. The molecule has 11 heteroatoms. The summed E-state index contributed by atoms with van der Waals surface area (Å²) in [5.74, 6) is 0.696. The van der Waals surface area contributed by atoms with Gasteiger partial charge >= 0.3 is 12.4 Å². The monoisotopic (exact) mass is 491 g/mol. The van der Waals surface area contributed by atoms with Crippen molar-refractivity contribution in [1.82, 2.24) is 19.9 Å². The van der Waals surface area contributed by atoms with Crippen molar-refractivity contribution in [2.24, 2.45) is 0 Å². The minimum absolute atomic E-state index is 0.223. The van der Waals surface area contributed by atoms with Gasteiger partial charge in [0, 0.05) is 22.8 Å². The van der Waals surface area contributed by atoms with E-state index >= 15 is 0 Å². The van der Waals surface area contributed by atoms with Crippen LogP contribution >= 0.6 is 0 Å². The molecule has 0 spiro atoms. The van der Waals surface area contributed by atoms with E-state index in [-0.39, 0.29) is 11.3 Å². The van der Waals surface area contributed by atoms with E-state index in [9.17, 15) is 26.3 Å². The maximum Gasteiger partial charge on any atom is 0.418 e. The van der Waals surface area contributed by atoms with Crippen LogP contribution in [-0.2, 0) is 18.9 Å². The van der Waals surface area contributed by atoms with Gasteiger partial charge in [-0.05, 0) is 62.6 Å². The molecule has 1 N–H and O–H groups in total. The van der Waals surface area contributed by atoms with Crippen molar-refractivity contribution in [2.75, 3.05) is 19.4 Å². The fourth-order valence-corrected chi connectivity index (χ4v) is 3.52. The van der Waals surface area contributed by atoms with Crippen LogP contribution in [0.15, 0.2) is 60.8 Å². The fraction of sp³-hybridized carbons (Fsp3) is 0.208. The molecule has 0 bridgehead atoms. The normalized spacial score (nSPS) is 12.4. The number of nitrogens with zero attached hydrogens (tertiary/aromatic N) is 4. The Labute approximate surface area is 196 Å². The van der Waals surface area contributed by atoms with Gasteiger partial charge in [-0.25, -0.2) is 9.97 Å². The second-order valence-electron chi connectivity index (χ2n) is 8.06. The number of hydrogen-bond acceptors (Lipinski definition) is 5. The summed E-state index contributed by atoms with van der Waals surface area (Å²) in [6.07, 6.45) is -7.77. The summed E-state index contributed by atoms with van der Waals surface area (Å²) < 4.78 is 79.2. The molecular weight excluding hydrogens is 472 g/mol. The molecule has 0 radical (unpaired) electrons. The van der Waals surface area contributed by atoms with E-state index in [1.807, 2.05) is 4.90 Å². The SMILES string of the molecule is CN(C)Cc1nc(Nc2ccc(C(F)(F)F)cc2)c2ccc(-c3ncccc3C(F)(F)F)cc2n1. The fourth-order valence-electron chi connectivity index (χ4n) is 3.52. The van der Waals surface area contributed by atoms with E-state index in [0.717, 1.165) is 18.2 Å². The summed E-state index contributed by atoms with van der Waals surface area (Å²) in [6.45, 7) is 0.333. The first-order valence-electron chi connectivity index (χ1n) is 10.3. The number of anilines is 2. The lowest BCUT2D eigenvalue weighted by Gasteiger charge is -2.15. The molecule has 0 fully saturated rings. The van der Waals surface area contributed by atoms with Crippen molar-refractivity contribution >= 4 is 22.4 Å². The minimum Gasteiger partial charge on any atom is -0.340 e. The van der Waals surface area contributed by atoms with Crippen LogP contribution in [0.2, 0.25) is 0 Å². The van der Waals surface area contributed by atoms with Gasteiger partial charge in [-0.3, -0.25) is 4.98 Å². The molecule has 0 aliphatic rings. The first-order valence-corrected chi connectivity index (χ1v) is 10.3. The van der Waals surface area contributed by atoms with E-state index in [1.165, 1.54) is 36.5 Å². The number of alkyl halides is 6. The largest absolute Gasteiger partial charge is 0.418 e. The van der Waals surface area contributed by atoms with Crippen LogP contribution in [0, 0.1) is 0 Å². The van der Waals surface area contributed by atoms with E-state index in [0.29, 0.717) is 34.8 Å². The Balaban J connectivity index is 1.80. The van der Waals surface area contributed by atoms with Gasteiger partial charge in [-0.2, -0.15) is 26.3 Å². The van der Waals surface area contributed by atoms with Crippen molar-refractivity contribution in [2.45, 2.75) is 18.9 Å². The van der Waals surface area contributed by atoms with Crippen LogP contribution in [0.1, 0.15) is 17.0 Å². The lowest BCUT2D eigenvalue weighted by molar-refractivity contribution is -0.138. The predicted molar refractivity (Wildman–Crippen MR) is 120 cm³/mol. The first kappa shape index (κ1) is 24.4. The summed E-state index contributed by atoms with van der Waals surface area (Å²) >= 11 is 0.